The first-order valence-corrected chi connectivity index (χ1v) is 7.37. The van der Waals surface area contributed by atoms with Gasteiger partial charge in [-0.3, -0.25) is 0 Å². The first kappa shape index (κ1) is 15.8. The summed E-state index contributed by atoms with van der Waals surface area (Å²) in [6.07, 6.45) is 0.555. The van der Waals surface area contributed by atoms with Crippen LogP contribution in [0.2, 0.25) is 0 Å². The molecule has 2 unspecified atom stereocenters. The Hall–Kier alpha value is -1.59. The predicted molar refractivity (Wildman–Crippen MR) is 79.2 cm³/mol. The molecule has 1 amide bonds. The molecule has 1 aliphatic heterocycles. The van der Waals surface area contributed by atoms with Gasteiger partial charge in [-0.15, -0.1) is 0 Å². The minimum atomic E-state index is -0.409. The molecule has 5 nitrogen and oxygen atoms in total. The van der Waals surface area contributed by atoms with Gasteiger partial charge in [0.2, 0.25) is 0 Å². The van der Waals surface area contributed by atoms with Crippen molar-refractivity contribution in [3.05, 3.63) is 35.9 Å². The average Bonchev–Trinajstić information content (AvgIpc) is 2.49. The van der Waals surface area contributed by atoms with E-state index in [-0.39, 0.29) is 24.9 Å². The van der Waals surface area contributed by atoms with Gasteiger partial charge in [0.25, 0.3) is 0 Å². The molecule has 2 rings (SSSR count). The predicted octanol–water partition coefficient (Wildman–Crippen LogP) is 2.15. The lowest BCUT2D eigenvalue weighted by Gasteiger charge is -2.41. The molecule has 1 saturated heterocycles. The smallest absolute Gasteiger partial charge is 0.407 e. The van der Waals surface area contributed by atoms with Crippen LogP contribution in [-0.4, -0.2) is 44.2 Å². The number of ether oxygens (including phenoxy) is 3. The zero-order valence-electron chi connectivity index (χ0n) is 12.6. The third kappa shape index (κ3) is 5.02. The fourth-order valence-electron chi connectivity index (χ4n) is 2.34. The normalized spacial score (nSPS) is 24.2. The molecule has 3 atom stereocenters. The second-order valence-electron chi connectivity index (χ2n) is 5.20. The van der Waals surface area contributed by atoms with Crippen molar-refractivity contribution >= 4 is 6.09 Å². The van der Waals surface area contributed by atoms with Crippen molar-refractivity contribution in [2.75, 3.05) is 19.8 Å². The van der Waals surface area contributed by atoms with Crippen molar-refractivity contribution in [3.8, 4) is 0 Å². The number of carbonyl (C=O) groups excluding carboxylic acids is 1. The first-order chi connectivity index (χ1) is 10.2. The maximum atomic E-state index is 11.5. The van der Waals surface area contributed by atoms with Crippen LogP contribution in [0.3, 0.4) is 0 Å². The molecule has 21 heavy (non-hydrogen) atoms. The Morgan fingerprint density at radius 3 is 2.52 bits per heavy atom. The van der Waals surface area contributed by atoms with Gasteiger partial charge in [0.05, 0.1) is 31.5 Å². The third-order valence-corrected chi connectivity index (χ3v) is 3.56. The molecule has 0 radical (unpaired) electrons. The van der Waals surface area contributed by atoms with Crippen LogP contribution in [0.5, 0.6) is 0 Å². The summed E-state index contributed by atoms with van der Waals surface area (Å²) in [5.74, 6) is 0. The summed E-state index contributed by atoms with van der Waals surface area (Å²) in [6.45, 7) is 5.15. The Morgan fingerprint density at radius 2 is 1.86 bits per heavy atom. The van der Waals surface area contributed by atoms with Crippen LogP contribution in [0.25, 0.3) is 0 Å². The highest BCUT2D eigenvalue weighted by Crippen LogP contribution is 2.20. The molecule has 0 aromatic heterocycles. The minimum Gasteiger partial charge on any atom is -0.447 e. The van der Waals surface area contributed by atoms with E-state index in [9.17, 15) is 4.79 Å². The topological polar surface area (TPSA) is 56.8 Å². The van der Waals surface area contributed by atoms with Crippen molar-refractivity contribution < 1.29 is 19.0 Å². The van der Waals surface area contributed by atoms with E-state index >= 15 is 0 Å². The van der Waals surface area contributed by atoms with Crippen molar-refractivity contribution in [3.63, 3.8) is 0 Å². The Kier molecular flexibility index (Phi) is 6.02. The lowest BCUT2D eigenvalue weighted by atomic mass is 10.0. The van der Waals surface area contributed by atoms with Crippen molar-refractivity contribution in [2.24, 2.45) is 0 Å². The summed E-state index contributed by atoms with van der Waals surface area (Å²) in [5, 5.41) is 2.79. The molecule has 1 heterocycles. The molecule has 5 heteroatoms. The molecule has 116 valence electrons. The second-order valence-corrected chi connectivity index (χ2v) is 5.20. The molecule has 0 aliphatic carbocycles. The highest BCUT2D eigenvalue weighted by Gasteiger charge is 2.37. The molecule has 0 bridgehead atoms. The van der Waals surface area contributed by atoms with Crippen molar-refractivity contribution in [2.45, 2.75) is 38.5 Å². The Bertz CT molecular complexity index is 429. The Morgan fingerprint density at radius 1 is 1.14 bits per heavy atom. The number of amides is 1. The van der Waals surface area contributed by atoms with Crippen molar-refractivity contribution in [1.82, 2.24) is 5.32 Å². The van der Waals surface area contributed by atoms with Crippen LogP contribution in [0.1, 0.15) is 19.4 Å². The molecule has 1 aliphatic rings. The molecular formula is C16H23NO4. The van der Waals surface area contributed by atoms with Gasteiger partial charge >= 0.3 is 6.09 Å². The van der Waals surface area contributed by atoms with E-state index in [0.717, 1.165) is 6.42 Å². The summed E-state index contributed by atoms with van der Waals surface area (Å²) < 4.78 is 15.9. The SMILES string of the molecule is CC1O[C@@H](C)C1NC(=O)OCCOCCc1ccccc1. The maximum Gasteiger partial charge on any atom is 0.407 e. The van der Waals surface area contributed by atoms with Crippen molar-refractivity contribution in [1.29, 1.82) is 0 Å². The summed E-state index contributed by atoms with van der Waals surface area (Å²) >= 11 is 0. The highest BCUT2D eigenvalue weighted by atomic mass is 16.6. The zero-order valence-corrected chi connectivity index (χ0v) is 12.6. The van der Waals surface area contributed by atoms with Gasteiger partial charge in [-0.25, -0.2) is 4.79 Å². The van der Waals surface area contributed by atoms with E-state index < -0.39 is 6.09 Å². The lowest BCUT2D eigenvalue weighted by Crippen LogP contribution is -2.60. The monoisotopic (exact) mass is 293 g/mol. The zero-order chi connectivity index (χ0) is 15.1. The Balaban J connectivity index is 1.49. The van der Waals surface area contributed by atoms with E-state index in [1.165, 1.54) is 5.56 Å². The van der Waals surface area contributed by atoms with Crippen LogP contribution in [-0.2, 0) is 20.6 Å². The summed E-state index contributed by atoms with van der Waals surface area (Å²) in [7, 11) is 0. The van der Waals surface area contributed by atoms with Gasteiger partial charge < -0.3 is 19.5 Å². The molecule has 1 fully saturated rings. The molecule has 1 aromatic carbocycles. The number of hydrogen-bond donors (Lipinski definition) is 1. The van der Waals surface area contributed by atoms with Gasteiger partial charge in [0.1, 0.15) is 6.61 Å². The van der Waals surface area contributed by atoms with Crippen LogP contribution in [0, 0.1) is 0 Å². The number of benzene rings is 1. The molecular weight excluding hydrogens is 270 g/mol. The number of hydrogen-bond acceptors (Lipinski definition) is 4. The lowest BCUT2D eigenvalue weighted by molar-refractivity contribution is -0.134. The van der Waals surface area contributed by atoms with E-state index in [1.54, 1.807) is 0 Å². The van der Waals surface area contributed by atoms with E-state index in [2.05, 4.69) is 17.4 Å². The van der Waals surface area contributed by atoms with Gasteiger partial charge in [-0.05, 0) is 25.8 Å². The quantitative estimate of drug-likeness (QED) is 0.783. The largest absolute Gasteiger partial charge is 0.447 e. The molecule has 0 saturated carbocycles. The number of rotatable bonds is 7. The van der Waals surface area contributed by atoms with Crippen LogP contribution in [0.4, 0.5) is 4.79 Å². The molecule has 1 N–H and O–H groups in total. The summed E-state index contributed by atoms with van der Waals surface area (Å²) in [4.78, 5) is 11.5. The first-order valence-electron chi connectivity index (χ1n) is 7.37. The number of carbonyl (C=O) groups is 1. The Labute approximate surface area is 125 Å². The third-order valence-electron chi connectivity index (χ3n) is 3.56. The average molecular weight is 293 g/mol. The fraction of sp³-hybridized carbons (Fsp3) is 0.562. The number of nitrogens with one attached hydrogen (secondary N) is 1. The van der Waals surface area contributed by atoms with E-state index in [0.29, 0.717) is 13.2 Å². The summed E-state index contributed by atoms with van der Waals surface area (Å²) in [6, 6.07) is 10.2. The van der Waals surface area contributed by atoms with Gasteiger partial charge in [0, 0.05) is 0 Å². The molecule has 1 aromatic rings. The fourth-order valence-corrected chi connectivity index (χ4v) is 2.34. The van der Waals surface area contributed by atoms with Crippen LogP contribution >= 0.6 is 0 Å². The van der Waals surface area contributed by atoms with E-state index in [1.807, 2.05) is 32.0 Å². The van der Waals surface area contributed by atoms with E-state index in [4.69, 9.17) is 14.2 Å². The highest BCUT2D eigenvalue weighted by molar-refractivity contribution is 5.67. The maximum absolute atomic E-state index is 11.5. The van der Waals surface area contributed by atoms with Gasteiger partial charge in [-0.1, -0.05) is 30.3 Å². The number of alkyl carbamates (subject to hydrolysis) is 1. The standard InChI is InChI=1S/C16H23NO4/c1-12-15(13(2)21-12)17-16(18)20-11-10-19-9-8-14-6-4-3-5-7-14/h3-7,12-13,15H,8-11H2,1-2H3,(H,17,18)/t12-,13?,15?/m0/s1. The van der Waals surface area contributed by atoms with Gasteiger partial charge in [-0.2, -0.15) is 0 Å². The molecule has 0 spiro atoms. The minimum absolute atomic E-state index is 0.0384. The van der Waals surface area contributed by atoms with Gasteiger partial charge in [0.15, 0.2) is 0 Å². The van der Waals surface area contributed by atoms with Crippen LogP contribution in [0.15, 0.2) is 30.3 Å². The van der Waals surface area contributed by atoms with Crippen LogP contribution < -0.4 is 5.32 Å². The summed E-state index contributed by atoms with van der Waals surface area (Å²) in [5.41, 5.74) is 1.24. The second kappa shape index (κ2) is 8.00.